The number of hydrogen-bond acceptors (Lipinski definition) is 6. The first kappa shape index (κ1) is 21.1. The average Bonchev–Trinajstić information content (AvgIpc) is 2.84. The third kappa shape index (κ3) is 4.18. The number of carbonyl (C=O) groups is 1. The molecular formula is C25H24N4O3. The van der Waals surface area contributed by atoms with Crippen LogP contribution in [0.3, 0.4) is 0 Å². The molecule has 0 aliphatic rings. The van der Waals surface area contributed by atoms with E-state index >= 15 is 0 Å². The highest BCUT2D eigenvalue weighted by atomic mass is 16.5. The van der Waals surface area contributed by atoms with Crippen LogP contribution < -0.4 is 20.1 Å². The van der Waals surface area contributed by atoms with E-state index in [2.05, 4.69) is 20.8 Å². The Morgan fingerprint density at radius 2 is 1.72 bits per heavy atom. The van der Waals surface area contributed by atoms with Crippen LogP contribution in [0.4, 0.5) is 11.5 Å². The largest absolute Gasteiger partial charge is 0.496 e. The fourth-order valence-corrected chi connectivity index (χ4v) is 3.52. The molecule has 0 atom stereocenters. The van der Waals surface area contributed by atoms with Crippen LogP contribution in [0.25, 0.3) is 22.0 Å². The van der Waals surface area contributed by atoms with Crippen molar-refractivity contribution in [2.45, 2.75) is 6.92 Å². The van der Waals surface area contributed by atoms with Gasteiger partial charge in [-0.05, 0) is 49.4 Å². The van der Waals surface area contributed by atoms with Gasteiger partial charge >= 0.3 is 0 Å². The fraction of sp³-hybridized carbons (Fsp3) is 0.160. The highest BCUT2D eigenvalue weighted by Crippen LogP contribution is 2.32. The number of ether oxygens (including phenoxy) is 2. The lowest BCUT2D eigenvalue weighted by Gasteiger charge is -2.13. The summed E-state index contributed by atoms with van der Waals surface area (Å²) < 4.78 is 10.8. The molecule has 1 heterocycles. The molecule has 162 valence electrons. The number of nitrogens with zero attached hydrogens (tertiary/aromatic N) is 2. The number of aromatic nitrogens is 2. The molecule has 0 bridgehead atoms. The smallest absolute Gasteiger partial charge is 0.254 e. The quantitative estimate of drug-likeness (QED) is 0.440. The topological polar surface area (TPSA) is 85.4 Å². The Bertz CT molecular complexity index is 1260. The fourth-order valence-electron chi connectivity index (χ4n) is 3.52. The van der Waals surface area contributed by atoms with Gasteiger partial charge in [0.15, 0.2) is 5.82 Å². The zero-order chi connectivity index (χ0) is 22.5. The van der Waals surface area contributed by atoms with Gasteiger partial charge in [0.25, 0.3) is 5.91 Å². The molecule has 1 aromatic heterocycles. The SMILES string of the molecule is CCOc1ccc(-c2nnc(Nc3ccc(OC)c(C(=O)NC)c3)c3ccccc23)cc1. The standard InChI is InChI=1S/C25H24N4O3/c1-4-32-18-12-9-16(10-13-18)23-19-7-5-6-8-20(19)24(29-28-23)27-17-11-14-22(31-3)21(15-17)25(30)26-2/h5-15H,4H2,1-3H3,(H,26,30)(H,27,29). The normalized spacial score (nSPS) is 10.6. The molecule has 3 aromatic carbocycles. The van der Waals surface area contributed by atoms with Gasteiger partial charge < -0.3 is 20.1 Å². The van der Waals surface area contributed by atoms with Crippen LogP contribution in [0, 0.1) is 0 Å². The van der Waals surface area contributed by atoms with Crippen LogP contribution in [-0.4, -0.2) is 36.9 Å². The molecule has 0 fully saturated rings. The lowest BCUT2D eigenvalue weighted by molar-refractivity contribution is 0.0960. The lowest BCUT2D eigenvalue weighted by atomic mass is 10.0. The van der Waals surface area contributed by atoms with E-state index in [4.69, 9.17) is 9.47 Å². The van der Waals surface area contributed by atoms with Crippen LogP contribution in [0.1, 0.15) is 17.3 Å². The van der Waals surface area contributed by atoms with Crippen molar-refractivity contribution < 1.29 is 14.3 Å². The van der Waals surface area contributed by atoms with Gasteiger partial charge in [0.2, 0.25) is 0 Å². The molecule has 0 saturated carbocycles. The number of benzene rings is 3. The minimum absolute atomic E-state index is 0.229. The molecule has 0 unspecified atom stereocenters. The number of nitrogens with one attached hydrogen (secondary N) is 2. The summed E-state index contributed by atoms with van der Waals surface area (Å²) in [6.45, 7) is 2.58. The van der Waals surface area contributed by atoms with E-state index in [1.165, 1.54) is 7.11 Å². The number of rotatable bonds is 7. The van der Waals surface area contributed by atoms with Crippen molar-refractivity contribution in [2.75, 3.05) is 26.1 Å². The highest BCUT2D eigenvalue weighted by molar-refractivity contribution is 6.01. The maximum Gasteiger partial charge on any atom is 0.254 e. The molecule has 4 aromatic rings. The van der Waals surface area contributed by atoms with Gasteiger partial charge in [-0.2, -0.15) is 0 Å². The predicted molar refractivity (Wildman–Crippen MR) is 126 cm³/mol. The molecule has 7 heteroatoms. The Morgan fingerprint density at radius 3 is 2.41 bits per heavy atom. The Balaban J connectivity index is 1.73. The maximum atomic E-state index is 12.2. The Hall–Kier alpha value is -4.13. The summed E-state index contributed by atoms with van der Waals surface area (Å²) in [5.74, 6) is 1.69. The number of fused-ring (bicyclic) bond motifs is 1. The van der Waals surface area contributed by atoms with Gasteiger partial charge in [-0.1, -0.05) is 24.3 Å². The summed E-state index contributed by atoms with van der Waals surface area (Å²) in [5, 5.41) is 16.8. The van der Waals surface area contributed by atoms with Crippen LogP contribution in [0.15, 0.2) is 66.7 Å². The molecule has 2 N–H and O–H groups in total. The van der Waals surface area contributed by atoms with Gasteiger partial charge in [0.05, 0.1) is 19.3 Å². The van der Waals surface area contributed by atoms with Crippen LogP contribution in [0.2, 0.25) is 0 Å². The number of hydrogen-bond donors (Lipinski definition) is 2. The van der Waals surface area contributed by atoms with Crippen LogP contribution >= 0.6 is 0 Å². The molecule has 32 heavy (non-hydrogen) atoms. The highest BCUT2D eigenvalue weighted by Gasteiger charge is 2.14. The zero-order valence-corrected chi connectivity index (χ0v) is 18.2. The maximum absolute atomic E-state index is 12.2. The van der Waals surface area contributed by atoms with Gasteiger partial charge in [-0.3, -0.25) is 4.79 Å². The predicted octanol–water partition coefficient (Wildman–Crippen LogP) is 4.81. The Morgan fingerprint density at radius 1 is 0.969 bits per heavy atom. The molecule has 4 rings (SSSR count). The summed E-state index contributed by atoms with van der Waals surface area (Å²) in [4.78, 5) is 12.2. The minimum atomic E-state index is -0.229. The second-order valence-electron chi connectivity index (χ2n) is 7.02. The number of anilines is 2. The van der Waals surface area contributed by atoms with Gasteiger partial charge in [-0.15, -0.1) is 10.2 Å². The first-order valence-electron chi connectivity index (χ1n) is 10.3. The Kier molecular flexibility index (Phi) is 6.17. The number of amides is 1. The number of methoxy groups -OCH3 is 1. The van der Waals surface area contributed by atoms with Gasteiger partial charge in [0.1, 0.15) is 17.2 Å². The first-order chi connectivity index (χ1) is 15.6. The molecule has 0 aliphatic heterocycles. The molecule has 0 radical (unpaired) electrons. The molecule has 0 saturated heterocycles. The zero-order valence-electron chi connectivity index (χ0n) is 18.2. The van der Waals surface area contributed by atoms with Crippen molar-refractivity contribution in [1.82, 2.24) is 15.5 Å². The van der Waals surface area contributed by atoms with Gasteiger partial charge in [-0.25, -0.2) is 0 Å². The molecule has 7 nitrogen and oxygen atoms in total. The minimum Gasteiger partial charge on any atom is -0.496 e. The summed E-state index contributed by atoms with van der Waals surface area (Å²) in [7, 11) is 3.12. The summed E-state index contributed by atoms with van der Waals surface area (Å²) >= 11 is 0. The van der Waals surface area contributed by atoms with E-state index in [9.17, 15) is 4.79 Å². The van der Waals surface area contributed by atoms with E-state index in [0.717, 1.165) is 27.8 Å². The van der Waals surface area contributed by atoms with Crippen molar-refractivity contribution in [1.29, 1.82) is 0 Å². The van der Waals surface area contributed by atoms with Crippen molar-refractivity contribution in [3.8, 4) is 22.8 Å². The summed E-state index contributed by atoms with van der Waals surface area (Å²) in [6.07, 6.45) is 0. The summed E-state index contributed by atoms with van der Waals surface area (Å²) in [5.41, 5.74) is 2.88. The first-order valence-corrected chi connectivity index (χ1v) is 10.3. The average molecular weight is 428 g/mol. The van der Waals surface area contributed by atoms with E-state index in [1.807, 2.05) is 61.5 Å². The van der Waals surface area contributed by atoms with Crippen LogP contribution in [0.5, 0.6) is 11.5 Å². The van der Waals surface area contributed by atoms with E-state index in [1.54, 1.807) is 19.2 Å². The van der Waals surface area contributed by atoms with Crippen LogP contribution in [-0.2, 0) is 0 Å². The second kappa shape index (κ2) is 9.34. The van der Waals surface area contributed by atoms with E-state index in [-0.39, 0.29) is 5.91 Å². The van der Waals surface area contributed by atoms with E-state index in [0.29, 0.717) is 29.4 Å². The number of carbonyl (C=O) groups excluding carboxylic acids is 1. The van der Waals surface area contributed by atoms with Crippen molar-refractivity contribution in [2.24, 2.45) is 0 Å². The Labute approximate surface area is 186 Å². The second-order valence-corrected chi connectivity index (χ2v) is 7.02. The molecular weight excluding hydrogens is 404 g/mol. The van der Waals surface area contributed by atoms with E-state index < -0.39 is 0 Å². The van der Waals surface area contributed by atoms with Gasteiger partial charge in [0, 0.05) is 29.1 Å². The van der Waals surface area contributed by atoms with Crippen molar-refractivity contribution in [3.63, 3.8) is 0 Å². The molecule has 0 spiro atoms. The molecule has 1 amide bonds. The lowest BCUT2D eigenvalue weighted by Crippen LogP contribution is -2.18. The monoisotopic (exact) mass is 428 g/mol. The van der Waals surface area contributed by atoms with Crippen molar-refractivity contribution >= 4 is 28.2 Å². The third-order valence-corrected chi connectivity index (χ3v) is 5.06. The molecule has 0 aliphatic carbocycles. The summed E-state index contributed by atoms with van der Waals surface area (Å²) in [6, 6.07) is 21.1. The third-order valence-electron chi connectivity index (χ3n) is 5.06. The van der Waals surface area contributed by atoms with Crippen molar-refractivity contribution in [3.05, 3.63) is 72.3 Å².